The van der Waals surface area contributed by atoms with Gasteiger partial charge in [0, 0.05) is 37.7 Å². The van der Waals surface area contributed by atoms with Crippen LogP contribution >= 0.6 is 0 Å². The Kier molecular flexibility index (Phi) is 4.88. The molecule has 0 bridgehead atoms. The molecule has 0 spiro atoms. The molecule has 1 aliphatic rings. The first-order valence-electron chi connectivity index (χ1n) is 6.98. The third-order valence-corrected chi connectivity index (χ3v) is 3.57. The number of hydrogen-bond donors (Lipinski definition) is 1. The largest absolute Gasteiger partial charge is 0.399 e. The molecule has 3 nitrogen and oxygen atoms in total. The Morgan fingerprint density at radius 3 is 2.50 bits per heavy atom. The van der Waals surface area contributed by atoms with E-state index in [9.17, 15) is 0 Å². The smallest absolute Gasteiger partial charge is 0.0469 e. The van der Waals surface area contributed by atoms with Crippen molar-refractivity contribution < 1.29 is 4.74 Å². The van der Waals surface area contributed by atoms with Crippen molar-refractivity contribution in [2.45, 2.75) is 26.2 Å². The number of nitrogens with two attached hydrogens (primary N) is 1. The third kappa shape index (κ3) is 3.64. The average Bonchev–Trinajstić information content (AvgIpc) is 2.40. The zero-order valence-corrected chi connectivity index (χ0v) is 11.3. The molecule has 0 atom stereocenters. The lowest BCUT2D eigenvalue weighted by Crippen LogP contribution is -2.33. The SMILES string of the molecule is CCCN(CC1CCOCC1)c1ccc(N)cc1. The van der Waals surface area contributed by atoms with Crippen molar-refractivity contribution in [1.82, 2.24) is 0 Å². The first kappa shape index (κ1) is 13.2. The van der Waals surface area contributed by atoms with E-state index in [1.54, 1.807) is 0 Å². The van der Waals surface area contributed by atoms with E-state index in [0.717, 1.165) is 37.9 Å². The molecule has 0 radical (unpaired) electrons. The molecule has 0 aromatic heterocycles. The highest BCUT2D eigenvalue weighted by atomic mass is 16.5. The summed E-state index contributed by atoms with van der Waals surface area (Å²) in [7, 11) is 0. The van der Waals surface area contributed by atoms with E-state index in [-0.39, 0.29) is 0 Å². The summed E-state index contributed by atoms with van der Waals surface area (Å²) in [5, 5.41) is 0. The van der Waals surface area contributed by atoms with Gasteiger partial charge in [0.25, 0.3) is 0 Å². The first-order valence-corrected chi connectivity index (χ1v) is 6.98. The minimum atomic E-state index is 0.767. The molecular formula is C15H24N2O. The molecule has 18 heavy (non-hydrogen) atoms. The molecule has 1 saturated heterocycles. The Morgan fingerprint density at radius 2 is 1.89 bits per heavy atom. The van der Waals surface area contributed by atoms with Crippen molar-refractivity contribution in [3.8, 4) is 0 Å². The van der Waals surface area contributed by atoms with Crippen LogP contribution in [0.25, 0.3) is 0 Å². The summed E-state index contributed by atoms with van der Waals surface area (Å²) >= 11 is 0. The molecule has 0 amide bonds. The maximum absolute atomic E-state index is 5.75. The van der Waals surface area contributed by atoms with Crippen LogP contribution in [0.4, 0.5) is 11.4 Å². The van der Waals surface area contributed by atoms with Gasteiger partial charge in [-0.3, -0.25) is 0 Å². The Bertz CT molecular complexity index is 344. The maximum Gasteiger partial charge on any atom is 0.0469 e. The molecule has 3 heteroatoms. The monoisotopic (exact) mass is 248 g/mol. The molecule has 1 fully saturated rings. The van der Waals surface area contributed by atoms with E-state index in [4.69, 9.17) is 10.5 Å². The van der Waals surface area contributed by atoms with Crippen LogP contribution in [0, 0.1) is 5.92 Å². The van der Waals surface area contributed by atoms with E-state index in [2.05, 4.69) is 24.0 Å². The molecule has 0 saturated carbocycles. The molecule has 1 aromatic carbocycles. The van der Waals surface area contributed by atoms with Gasteiger partial charge in [-0.15, -0.1) is 0 Å². The van der Waals surface area contributed by atoms with Crippen LogP contribution in [0.5, 0.6) is 0 Å². The fraction of sp³-hybridized carbons (Fsp3) is 0.600. The highest BCUT2D eigenvalue weighted by molar-refractivity contribution is 5.53. The van der Waals surface area contributed by atoms with Gasteiger partial charge in [0.1, 0.15) is 0 Å². The zero-order chi connectivity index (χ0) is 12.8. The number of hydrogen-bond acceptors (Lipinski definition) is 3. The fourth-order valence-corrected chi connectivity index (χ4v) is 2.52. The van der Waals surface area contributed by atoms with Crippen molar-refractivity contribution in [2.24, 2.45) is 5.92 Å². The topological polar surface area (TPSA) is 38.5 Å². The van der Waals surface area contributed by atoms with Crippen molar-refractivity contribution in [3.63, 3.8) is 0 Å². The molecule has 1 heterocycles. The van der Waals surface area contributed by atoms with E-state index < -0.39 is 0 Å². The Hall–Kier alpha value is -1.22. The van der Waals surface area contributed by atoms with Gasteiger partial charge < -0.3 is 15.4 Å². The van der Waals surface area contributed by atoms with E-state index in [1.807, 2.05) is 12.1 Å². The van der Waals surface area contributed by atoms with Gasteiger partial charge in [0.2, 0.25) is 0 Å². The lowest BCUT2D eigenvalue weighted by Gasteiger charge is -2.31. The number of anilines is 2. The quantitative estimate of drug-likeness (QED) is 0.814. The van der Waals surface area contributed by atoms with Gasteiger partial charge in [-0.2, -0.15) is 0 Å². The maximum atomic E-state index is 5.75. The van der Waals surface area contributed by atoms with Gasteiger partial charge in [-0.1, -0.05) is 6.92 Å². The van der Waals surface area contributed by atoms with Gasteiger partial charge in [-0.25, -0.2) is 0 Å². The Labute approximate surface area is 110 Å². The van der Waals surface area contributed by atoms with Crippen molar-refractivity contribution in [3.05, 3.63) is 24.3 Å². The highest BCUT2D eigenvalue weighted by Gasteiger charge is 2.17. The van der Waals surface area contributed by atoms with Gasteiger partial charge in [-0.05, 0) is 49.4 Å². The predicted octanol–water partition coefficient (Wildman–Crippen LogP) is 2.91. The van der Waals surface area contributed by atoms with Crippen LogP contribution in [-0.4, -0.2) is 26.3 Å². The molecule has 0 unspecified atom stereocenters. The second-order valence-corrected chi connectivity index (χ2v) is 5.09. The van der Waals surface area contributed by atoms with Crippen molar-refractivity contribution >= 4 is 11.4 Å². The second kappa shape index (κ2) is 6.64. The van der Waals surface area contributed by atoms with Gasteiger partial charge in [0.05, 0.1) is 0 Å². The van der Waals surface area contributed by atoms with Crippen LogP contribution in [0.1, 0.15) is 26.2 Å². The van der Waals surface area contributed by atoms with Gasteiger partial charge >= 0.3 is 0 Å². The molecule has 2 N–H and O–H groups in total. The van der Waals surface area contributed by atoms with E-state index in [0.29, 0.717) is 0 Å². The van der Waals surface area contributed by atoms with Gasteiger partial charge in [0.15, 0.2) is 0 Å². The molecule has 1 aliphatic heterocycles. The first-order chi connectivity index (χ1) is 8.79. The highest BCUT2D eigenvalue weighted by Crippen LogP contribution is 2.22. The predicted molar refractivity (Wildman–Crippen MR) is 76.9 cm³/mol. The summed E-state index contributed by atoms with van der Waals surface area (Å²) < 4.78 is 5.43. The van der Waals surface area contributed by atoms with Crippen LogP contribution in [-0.2, 0) is 4.74 Å². The van der Waals surface area contributed by atoms with Crippen LogP contribution < -0.4 is 10.6 Å². The van der Waals surface area contributed by atoms with Crippen LogP contribution in [0.2, 0.25) is 0 Å². The molecule has 2 rings (SSSR count). The number of nitrogens with zero attached hydrogens (tertiary/aromatic N) is 1. The third-order valence-electron chi connectivity index (χ3n) is 3.57. The normalized spacial score (nSPS) is 16.7. The summed E-state index contributed by atoms with van der Waals surface area (Å²) in [4.78, 5) is 2.48. The summed E-state index contributed by atoms with van der Waals surface area (Å²) in [6.45, 7) is 6.33. The fourth-order valence-electron chi connectivity index (χ4n) is 2.52. The number of ether oxygens (including phenoxy) is 1. The Balaban J connectivity index is 2.00. The number of rotatable bonds is 5. The zero-order valence-electron chi connectivity index (χ0n) is 11.3. The van der Waals surface area contributed by atoms with Crippen LogP contribution in [0.15, 0.2) is 24.3 Å². The number of benzene rings is 1. The van der Waals surface area contributed by atoms with Crippen molar-refractivity contribution in [2.75, 3.05) is 36.9 Å². The lowest BCUT2D eigenvalue weighted by molar-refractivity contribution is 0.0682. The summed E-state index contributed by atoms with van der Waals surface area (Å²) in [5.41, 5.74) is 7.87. The minimum Gasteiger partial charge on any atom is -0.399 e. The number of nitrogen functional groups attached to an aromatic ring is 1. The van der Waals surface area contributed by atoms with Crippen molar-refractivity contribution in [1.29, 1.82) is 0 Å². The average molecular weight is 248 g/mol. The summed E-state index contributed by atoms with van der Waals surface area (Å²) in [6, 6.07) is 8.23. The molecule has 1 aromatic rings. The second-order valence-electron chi connectivity index (χ2n) is 5.09. The van der Waals surface area contributed by atoms with E-state index >= 15 is 0 Å². The van der Waals surface area contributed by atoms with E-state index in [1.165, 1.54) is 24.9 Å². The van der Waals surface area contributed by atoms with Crippen LogP contribution in [0.3, 0.4) is 0 Å². The Morgan fingerprint density at radius 1 is 1.22 bits per heavy atom. The lowest BCUT2D eigenvalue weighted by atomic mass is 9.99. The minimum absolute atomic E-state index is 0.767. The molecule has 0 aliphatic carbocycles. The summed E-state index contributed by atoms with van der Waals surface area (Å²) in [6.07, 6.45) is 3.55. The molecule has 100 valence electrons. The molecular weight excluding hydrogens is 224 g/mol. The standard InChI is InChI=1S/C15H24N2O/c1-2-9-17(12-13-7-10-18-11-8-13)15-5-3-14(16)4-6-15/h3-6,13H,2,7-12,16H2,1H3. The summed E-state index contributed by atoms with van der Waals surface area (Å²) in [5.74, 6) is 0.767.